The van der Waals surface area contributed by atoms with Crippen LogP contribution in [0.4, 0.5) is 5.82 Å². The summed E-state index contributed by atoms with van der Waals surface area (Å²) in [6, 6.07) is 18.3. The van der Waals surface area contributed by atoms with Crippen LogP contribution in [0.1, 0.15) is 17.5 Å². The van der Waals surface area contributed by atoms with Crippen molar-refractivity contribution in [1.29, 1.82) is 0 Å². The number of para-hydroxylation sites is 1. The first-order chi connectivity index (χ1) is 15.2. The predicted octanol–water partition coefficient (Wildman–Crippen LogP) is 0.981. The summed E-state index contributed by atoms with van der Waals surface area (Å²) in [6.45, 7) is 1.93. The van der Waals surface area contributed by atoms with Crippen LogP contribution in [0, 0.1) is 0 Å². The van der Waals surface area contributed by atoms with Crippen LogP contribution in [0.25, 0.3) is 16.9 Å². The van der Waals surface area contributed by atoms with Crippen molar-refractivity contribution in [2.24, 2.45) is 0 Å². The van der Waals surface area contributed by atoms with E-state index in [2.05, 4.69) is 28.8 Å². The topological polar surface area (TPSA) is 80.5 Å². The maximum atomic E-state index is 12.8. The highest BCUT2D eigenvalue weighted by Gasteiger charge is 2.23. The lowest BCUT2D eigenvalue weighted by atomic mass is 10.0. The van der Waals surface area contributed by atoms with E-state index in [1.165, 1.54) is 17.5 Å². The Balaban J connectivity index is 1.43. The van der Waals surface area contributed by atoms with Gasteiger partial charge in [-0.1, -0.05) is 30.3 Å². The Bertz CT molecular complexity index is 1120. The third kappa shape index (κ3) is 4.22. The highest BCUT2D eigenvalue weighted by atomic mass is 16.2. The van der Waals surface area contributed by atoms with Crippen LogP contribution in [0.15, 0.2) is 54.6 Å². The van der Waals surface area contributed by atoms with Crippen molar-refractivity contribution in [2.75, 3.05) is 31.5 Å². The van der Waals surface area contributed by atoms with Gasteiger partial charge in [0.15, 0.2) is 13.1 Å². The maximum Gasteiger partial charge on any atom is 0.280 e. The van der Waals surface area contributed by atoms with Gasteiger partial charge >= 0.3 is 0 Å². The van der Waals surface area contributed by atoms with Gasteiger partial charge in [-0.05, 0) is 48.6 Å². The molecule has 0 radical (unpaired) electrons. The highest BCUT2D eigenvalue weighted by Crippen LogP contribution is 2.29. The second kappa shape index (κ2) is 8.35. The number of benzene rings is 2. The van der Waals surface area contributed by atoms with E-state index in [-0.39, 0.29) is 18.4 Å². The van der Waals surface area contributed by atoms with E-state index >= 15 is 0 Å². The van der Waals surface area contributed by atoms with Gasteiger partial charge in [0.05, 0.1) is 24.5 Å². The van der Waals surface area contributed by atoms with E-state index in [4.69, 9.17) is 5.10 Å². The van der Waals surface area contributed by atoms with Crippen molar-refractivity contribution in [2.45, 2.75) is 19.3 Å². The number of carbonyl (C=O) groups is 2. The fraction of sp³-hybridized carbons (Fsp3) is 0.292. The number of rotatable bonds is 5. The molecule has 2 heterocycles. The quantitative estimate of drug-likeness (QED) is 0.580. The first-order valence-corrected chi connectivity index (χ1v) is 10.8. The molecule has 2 amide bonds. The number of aryl methyl sites for hydroxylation is 2. The van der Waals surface area contributed by atoms with Crippen molar-refractivity contribution in [3.05, 3.63) is 65.7 Å². The Hall–Kier alpha value is -3.45. The number of aromatic nitrogens is 2. The average molecular weight is 417 g/mol. The minimum Gasteiger partial charge on any atom is -0.346 e. The molecule has 1 atom stereocenters. The lowest BCUT2D eigenvalue weighted by Crippen LogP contribution is -3.16. The lowest BCUT2D eigenvalue weighted by molar-refractivity contribution is -0.885. The van der Waals surface area contributed by atoms with E-state index in [0.717, 1.165) is 41.2 Å². The van der Waals surface area contributed by atoms with Crippen molar-refractivity contribution in [1.82, 2.24) is 15.1 Å². The Morgan fingerprint density at radius 3 is 2.77 bits per heavy atom. The molecule has 1 unspecified atom stereocenters. The minimum absolute atomic E-state index is 0.0118. The number of amides is 2. The monoisotopic (exact) mass is 416 g/mol. The summed E-state index contributed by atoms with van der Waals surface area (Å²) < 4.78 is 1.78. The molecule has 1 aliphatic carbocycles. The van der Waals surface area contributed by atoms with Gasteiger partial charge in [-0.2, -0.15) is 5.10 Å². The Kier molecular flexibility index (Phi) is 5.26. The molecule has 5 rings (SSSR count). The molecule has 0 bridgehead atoms. The highest BCUT2D eigenvalue weighted by molar-refractivity contribution is 5.91. The van der Waals surface area contributed by atoms with E-state index in [1.54, 1.807) is 4.68 Å². The molecule has 1 aromatic heterocycles. The summed E-state index contributed by atoms with van der Waals surface area (Å²) in [6.07, 6.45) is 3.46. The Morgan fingerprint density at radius 2 is 1.94 bits per heavy atom. The molecule has 3 aromatic rings. The van der Waals surface area contributed by atoms with Crippen molar-refractivity contribution < 1.29 is 14.5 Å². The number of hydrogen-bond acceptors (Lipinski definition) is 3. The second-order valence-corrected chi connectivity index (χ2v) is 8.25. The van der Waals surface area contributed by atoms with Gasteiger partial charge in [-0.3, -0.25) is 9.59 Å². The molecule has 1 saturated heterocycles. The normalized spacial score (nSPS) is 17.8. The standard InChI is InChI=1S/C24H25N5O2/c30-23-15-28(12-11-25-23)16-24(31)26-22-14-21(27-29(22)20-7-2-1-3-8-20)19-10-9-17-5-4-6-18(17)13-19/h1-3,7-10,13-14H,4-6,11-12,15-16H2,(H,25,30)(H,26,31)/p+1. The summed E-state index contributed by atoms with van der Waals surface area (Å²) in [5, 5.41) is 10.6. The van der Waals surface area contributed by atoms with Gasteiger partial charge in [0, 0.05) is 11.6 Å². The fourth-order valence-corrected chi connectivity index (χ4v) is 4.43. The van der Waals surface area contributed by atoms with Gasteiger partial charge in [-0.25, -0.2) is 4.68 Å². The van der Waals surface area contributed by atoms with Gasteiger partial charge < -0.3 is 15.5 Å². The van der Waals surface area contributed by atoms with Crippen LogP contribution in [-0.2, 0) is 22.4 Å². The van der Waals surface area contributed by atoms with Crippen LogP contribution in [0.2, 0.25) is 0 Å². The largest absolute Gasteiger partial charge is 0.346 e. The minimum atomic E-state index is -0.123. The van der Waals surface area contributed by atoms with E-state index < -0.39 is 0 Å². The maximum absolute atomic E-state index is 12.8. The molecule has 0 spiro atoms. The molecule has 2 aliphatic rings. The molecule has 2 aromatic carbocycles. The van der Waals surface area contributed by atoms with Gasteiger partial charge in [0.2, 0.25) is 0 Å². The smallest absolute Gasteiger partial charge is 0.280 e. The third-order valence-electron chi connectivity index (χ3n) is 5.99. The first-order valence-electron chi connectivity index (χ1n) is 10.8. The van der Waals surface area contributed by atoms with Gasteiger partial charge in [0.25, 0.3) is 11.8 Å². The first kappa shape index (κ1) is 19.5. The zero-order chi connectivity index (χ0) is 21.2. The van der Waals surface area contributed by atoms with Crippen LogP contribution in [0.5, 0.6) is 0 Å². The number of hydrogen-bond donors (Lipinski definition) is 3. The van der Waals surface area contributed by atoms with Gasteiger partial charge in [-0.15, -0.1) is 0 Å². The number of carbonyl (C=O) groups excluding carboxylic acids is 2. The number of nitrogens with zero attached hydrogens (tertiary/aromatic N) is 2. The van der Waals surface area contributed by atoms with Crippen LogP contribution in [-0.4, -0.2) is 47.8 Å². The summed E-state index contributed by atoms with van der Waals surface area (Å²) in [4.78, 5) is 25.3. The Morgan fingerprint density at radius 1 is 1.10 bits per heavy atom. The number of fused-ring (bicyclic) bond motifs is 1. The molecular formula is C24H26N5O2+. The zero-order valence-electron chi connectivity index (χ0n) is 17.4. The molecule has 0 saturated carbocycles. The molecule has 1 aliphatic heterocycles. The number of piperazine rings is 1. The molecule has 31 heavy (non-hydrogen) atoms. The predicted molar refractivity (Wildman–Crippen MR) is 118 cm³/mol. The molecule has 158 valence electrons. The van der Waals surface area contributed by atoms with Gasteiger partial charge in [0.1, 0.15) is 5.82 Å². The molecule has 1 fully saturated rings. The summed E-state index contributed by atoms with van der Waals surface area (Å²) in [5.74, 6) is 0.497. The SMILES string of the molecule is O=C1C[NH+](CC(=O)Nc2cc(-c3ccc4c(c3)CCC4)nn2-c2ccccc2)CCN1. The van der Waals surface area contributed by atoms with E-state index in [9.17, 15) is 9.59 Å². The number of anilines is 1. The average Bonchev–Trinajstić information content (AvgIpc) is 3.41. The van der Waals surface area contributed by atoms with Crippen molar-refractivity contribution in [3.63, 3.8) is 0 Å². The lowest BCUT2D eigenvalue weighted by Gasteiger charge is -2.22. The van der Waals surface area contributed by atoms with Crippen molar-refractivity contribution in [3.8, 4) is 16.9 Å². The molecule has 3 N–H and O–H groups in total. The number of nitrogens with one attached hydrogen (secondary N) is 3. The second-order valence-electron chi connectivity index (χ2n) is 8.25. The van der Waals surface area contributed by atoms with E-state index in [1.807, 2.05) is 36.4 Å². The zero-order valence-corrected chi connectivity index (χ0v) is 17.4. The van der Waals surface area contributed by atoms with Crippen molar-refractivity contribution >= 4 is 17.6 Å². The molecular weight excluding hydrogens is 390 g/mol. The summed E-state index contributed by atoms with van der Waals surface area (Å²) in [5.41, 5.74) is 5.59. The summed E-state index contributed by atoms with van der Waals surface area (Å²) >= 11 is 0. The van der Waals surface area contributed by atoms with Crippen LogP contribution < -0.4 is 15.5 Å². The third-order valence-corrected chi connectivity index (χ3v) is 5.99. The summed E-state index contributed by atoms with van der Waals surface area (Å²) in [7, 11) is 0. The fourth-order valence-electron chi connectivity index (χ4n) is 4.43. The Labute approximate surface area is 181 Å². The van der Waals surface area contributed by atoms with E-state index in [0.29, 0.717) is 18.9 Å². The molecule has 7 nitrogen and oxygen atoms in total. The van der Waals surface area contributed by atoms with Crippen LogP contribution in [0.3, 0.4) is 0 Å². The molecule has 7 heteroatoms. The number of quaternary nitrogens is 1. The van der Waals surface area contributed by atoms with Crippen LogP contribution >= 0.6 is 0 Å².